The van der Waals surface area contributed by atoms with E-state index in [0.717, 1.165) is 38.0 Å². The fourth-order valence-corrected chi connectivity index (χ4v) is 3.15. The first-order valence-electron chi connectivity index (χ1n) is 6.92. The van der Waals surface area contributed by atoms with Crippen LogP contribution in [0.3, 0.4) is 0 Å². The fraction of sp³-hybridized carbons (Fsp3) is 0.571. The molecule has 1 heterocycles. The number of hydrogen-bond donors (Lipinski definition) is 2. The first-order chi connectivity index (χ1) is 9.25. The quantitative estimate of drug-likeness (QED) is 0.834. The standard InChI is InChI=1S/C14H23N3O2S/c1-3-14(2)6-8-17(9-7-14)13-10-11(20(16,18)19)4-5-12(13)15/h4-5,10H,3,6-9,15H2,1-2H3,(H2,16,18,19). The lowest BCUT2D eigenvalue weighted by atomic mass is 9.78. The number of primary sulfonamides is 1. The fourth-order valence-electron chi connectivity index (χ4n) is 2.62. The van der Waals surface area contributed by atoms with Gasteiger partial charge in [-0.15, -0.1) is 0 Å². The summed E-state index contributed by atoms with van der Waals surface area (Å²) in [7, 11) is -3.69. The molecular weight excluding hydrogens is 274 g/mol. The van der Waals surface area contributed by atoms with Crippen LogP contribution in [-0.2, 0) is 10.0 Å². The molecule has 0 radical (unpaired) electrons. The van der Waals surface area contributed by atoms with Crippen molar-refractivity contribution in [2.45, 2.75) is 38.0 Å². The summed E-state index contributed by atoms with van der Waals surface area (Å²) in [5.74, 6) is 0. The molecular formula is C14H23N3O2S. The first kappa shape index (κ1) is 15.1. The van der Waals surface area contributed by atoms with Crippen molar-refractivity contribution < 1.29 is 8.42 Å². The highest BCUT2D eigenvalue weighted by atomic mass is 32.2. The van der Waals surface area contributed by atoms with Crippen LogP contribution >= 0.6 is 0 Å². The average molecular weight is 297 g/mol. The highest BCUT2D eigenvalue weighted by Gasteiger charge is 2.29. The number of benzene rings is 1. The van der Waals surface area contributed by atoms with Gasteiger partial charge in [0, 0.05) is 13.1 Å². The van der Waals surface area contributed by atoms with E-state index in [1.54, 1.807) is 12.1 Å². The lowest BCUT2D eigenvalue weighted by molar-refractivity contribution is 0.238. The highest BCUT2D eigenvalue weighted by Crippen LogP contribution is 2.37. The lowest BCUT2D eigenvalue weighted by Gasteiger charge is -2.40. The molecule has 2 rings (SSSR count). The van der Waals surface area contributed by atoms with Crippen LogP contribution in [0.15, 0.2) is 23.1 Å². The normalized spacial score (nSPS) is 19.1. The summed E-state index contributed by atoms with van der Waals surface area (Å²) in [5.41, 5.74) is 7.73. The Balaban J connectivity index is 2.26. The Morgan fingerprint density at radius 1 is 1.30 bits per heavy atom. The number of anilines is 2. The summed E-state index contributed by atoms with van der Waals surface area (Å²) in [6, 6.07) is 4.65. The SMILES string of the molecule is CCC1(C)CCN(c2cc(S(N)(=O)=O)ccc2N)CC1. The molecule has 6 heteroatoms. The molecule has 0 saturated carbocycles. The van der Waals surface area contributed by atoms with Crippen LogP contribution in [0, 0.1) is 5.41 Å². The zero-order valence-corrected chi connectivity index (χ0v) is 12.9. The van der Waals surface area contributed by atoms with Crippen LogP contribution in [-0.4, -0.2) is 21.5 Å². The molecule has 0 aromatic heterocycles. The predicted octanol–water partition coefficient (Wildman–Crippen LogP) is 1.93. The number of nitrogens with zero attached hydrogens (tertiary/aromatic N) is 1. The van der Waals surface area contributed by atoms with E-state index in [9.17, 15) is 8.42 Å². The number of sulfonamides is 1. The molecule has 0 unspecified atom stereocenters. The molecule has 1 aliphatic rings. The van der Waals surface area contributed by atoms with E-state index in [4.69, 9.17) is 10.9 Å². The number of nitrogen functional groups attached to an aromatic ring is 1. The van der Waals surface area contributed by atoms with Crippen LogP contribution in [0.25, 0.3) is 0 Å². The van der Waals surface area contributed by atoms with Gasteiger partial charge in [-0.3, -0.25) is 0 Å². The molecule has 4 N–H and O–H groups in total. The van der Waals surface area contributed by atoms with Gasteiger partial charge in [-0.1, -0.05) is 20.3 Å². The van der Waals surface area contributed by atoms with Crippen LogP contribution in [0.2, 0.25) is 0 Å². The van der Waals surface area contributed by atoms with Gasteiger partial charge in [-0.25, -0.2) is 13.6 Å². The van der Waals surface area contributed by atoms with E-state index in [0.29, 0.717) is 11.1 Å². The Morgan fingerprint density at radius 3 is 2.40 bits per heavy atom. The van der Waals surface area contributed by atoms with Crippen LogP contribution in [0.4, 0.5) is 11.4 Å². The van der Waals surface area contributed by atoms with Gasteiger partial charge in [-0.05, 0) is 36.5 Å². The summed E-state index contributed by atoms with van der Waals surface area (Å²) in [4.78, 5) is 2.27. The Labute approximate surface area is 121 Å². The molecule has 0 atom stereocenters. The van der Waals surface area contributed by atoms with E-state index >= 15 is 0 Å². The summed E-state index contributed by atoms with van der Waals surface area (Å²) in [6.07, 6.45) is 3.33. The molecule has 1 aliphatic heterocycles. The van der Waals surface area contributed by atoms with Gasteiger partial charge in [0.25, 0.3) is 0 Å². The molecule has 5 nitrogen and oxygen atoms in total. The minimum Gasteiger partial charge on any atom is -0.397 e. The summed E-state index contributed by atoms with van der Waals surface area (Å²) < 4.78 is 22.9. The Kier molecular flexibility index (Phi) is 3.97. The molecule has 0 spiro atoms. The second kappa shape index (κ2) is 5.26. The number of hydrogen-bond acceptors (Lipinski definition) is 4. The summed E-state index contributed by atoms with van der Waals surface area (Å²) in [5, 5.41) is 5.18. The van der Waals surface area contributed by atoms with Crippen molar-refractivity contribution in [3.8, 4) is 0 Å². The van der Waals surface area contributed by atoms with Crippen molar-refractivity contribution in [3.05, 3.63) is 18.2 Å². The Bertz CT molecular complexity index is 590. The maximum absolute atomic E-state index is 11.4. The van der Waals surface area contributed by atoms with Crippen LogP contribution in [0.5, 0.6) is 0 Å². The molecule has 1 fully saturated rings. The minimum atomic E-state index is -3.69. The van der Waals surface area contributed by atoms with Gasteiger partial charge in [0.05, 0.1) is 16.3 Å². The van der Waals surface area contributed by atoms with Gasteiger partial charge in [0.2, 0.25) is 10.0 Å². The third-order valence-corrected chi connectivity index (χ3v) is 5.41. The van der Waals surface area contributed by atoms with Gasteiger partial charge >= 0.3 is 0 Å². The summed E-state index contributed by atoms with van der Waals surface area (Å²) >= 11 is 0. The average Bonchev–Trinajstić information content (AvgIpc) is 2.39. The number of rotatable bonds is 3. The second-order valence-electron chi connectivity index (χ2n) is 5.92. The molecule has 0 bridgehead atoms. The molecule has 0 amide bonds. The highest BCUT2D eigenvalue weighted by molar-refractivity contribution is 7.89. The third-order valence-electron chi connectivity index (χ3n) is 4.50. The monoisotopic (exact) mass is 297 g/mol. The van der Waals surface area contributed by atoms with E-state index in [1.807, 2.05) is 0 Å². The topological polar surface area (TPSA) is 89.4 Å². The Hall–Kier alpha value is -1.27. The largest absolute Gasteiger partial charge is 0.397 e. The van der Waals surface area contributed by atoms with Crippen LogP contribution in [0.1, 0.15) is 33.1 Å². The van der Waals surface area contributed by atoms with Gasteiger partial charge in [-0.2, -0.15) is 0 Å². The molecule has 1 aromatic rings. The molecule has 1 aromatic carbocycles. The zero-order valence-electron chi connectivity index (χ0n) is 12.1. The van der Waals surface area contributed by atoms with Crippen LogP contribution < -0.4 is 15.8 Å². The predicted molar refractivity (Wildman–Crippen MR) is 82.1 cm³/mol. The maximum atomic E-state index is 11.4. The van der Waals surface area contributed by atoms with Crippen molar-refractivity contribution >= 4 is 21.4 Å². The van der Waals surface area contributed by atoms with Crippen molar-refractivity contribution in [1.82, 2.24) is 0 Å². The van der Waals surface area contributed by atoms with E-state index in [1.165, 1.54) is 6.07 Å². The van der Waals surface area contributed by atoms with Gasteiger partial charge in [0.1, 0.15) is 0 Å². The van der Waals surface area contributed by atoms with Crippen molar-refractivity contribution in [3.63, 3.8) is 0 Å². The minimum absolute atomic E-state index is 0.116. The van der Waals surface area contributed by atoms with E-state index in [-0.39, 0.29) is 4.90 Å². The molecule has 112 valence electrons. The van der Waals surface area contributed by atoms with Gasteiger partial charge < -0.3 is 10.6 Å². The first-order valence-corrected chi connectivity index (χ1v) is 8.47. The zero-order chi connectivity index (χ0) is 15.0. The second-order valence-corrected chi connectivity index (χ2v) is 7.48. The maximum Gasteiger partial charge on any atom is 0.238 e. The van der Waals surface area contributed by atoms with Gasteiger partial charge in [0.15, 0.2) is 0 Å². The third kappa shape index (κ3) is 3.07. The Morgan fingerprint density at radius 2 is 1.90 bits per heavy atom. The van der Waals surface area contributed by atoms with E-state index < -0.39 is 10.0 Å². The molecule has 20 heavy (non-hydrogen) atoms. The smallest absolute Gasteiger partial charge is 0.238 e. The number of piperidine rings is 1. The molecule has 0 aliphatic carbocycles. The van der Waals surface area contributed by atoms with E-state index in [2.05, 4.69) is 18.7 Å². The lowest BCUT2D eigenvalue weighted by Crippen LogP contribution is -2.38. The summed E-state index contributed by atoms with van der Waals surface area (Å²) in [6.45, 7) is 6.30. The number of nitrogens with two attached hydrogens (primary N) is 2. The van der Waals surface area contributed by atoms with Crippen molar-refractivity contribution in [1.29, 1.82) is 0 Å². The molecule has 1 saturated heterocycles. The van der Waals surface area contributed by atoms with Crippen molar-refractivity contribution in [2.75, 3.05) is 23.7 Å². The van der Waals surface area contributed by atoms with Crippen molar-refractivity contribution in [2.24, 2.45) is 10.6 Å².